The van der Waals surface area contributed by atoms with Crippen LogP contribution in [0.5, 0.6) is 5.88 Å². The highest BCUT2D eigenvalue weighted by atomic mass is 16.5. The van der Waals surface area contributed by atoms with Gasteiger partial charge in [-0.2, -0.15) is 0 Å². The molecule has 1 aliphatic heterocycles. The molecular formula is C23H29N5O5. The number of anilines is 2. The number of methoxy groups -OCH3 is 1. The van der Waals surface area contributed by atoms with Crippen LogP contribution in [0.25, 0.3) is 0 Å². The van der Waals surface area contributed by atoms with Gasteiger partial charge in [-0.05, 0) is 44.5 Å². The number of hydrogen-bond acceptors (Lipinski definition) is 8. The lowest BCUT2D eigenvalue weighted by atomic mass is 10.00. The maximum absolute atomic E-state index is 13.0. The topological polar surface area (TPSA) is 151 Å². The number of nitrogens with zero attached hydrogens (tertiary/aromatic N) is 2. The van der Waals surface area contributed by atoms with Crippen LogP contribution in [0.1, 0.15) is 31.4 Å². The molecule has 0 bridgehead atoms. The Bertz CT molecular complexity index is 1040. The largest absolute Gasteiger partial charge is 0.480 e. The van der Waals surface area contributed by atoms with Crippen molar-refractivity contribution in [3.8, 4) is 5.88 Å². The first-order valence-electron chi connectivity index (χ1n) is 10.6. The quantitative estimate of drug-likeness (QED) is 0.331. The second-order valence-corrected chi connectivity index (χ2v) is 8.24. The number of hydrogen-bond donors (Lipinski definition) is 4. The molecule has 2 heterocycles. The molecule has 3 rings (SSSR count). The standard InChI is InChI=1S/C23H29N5O5/c1-14(2)33-19-7-4-15(11-26-19)21(25)17-10-16(5-6-18(17)24)27-22(31)23(32-3)8-9-28(13-23)12-20(29)30/h4-7,10-11,14,25H,8-9,12-13,24H2,1-3H3,(H,27,31)(H,29,30)/t23-/m0/s1. The minimum absolute atomic E-state index is 0.00907. The van der Waals surface area contributed by atoms with Crippen LogP contribution in [-0.4, -0.2) is 71.0 Å². The van der Waals surface area contributed by atoms with Crippen LogP contribution in [0.4, 0.5) is 11.4 Å². The molecule has 5 N–H and O–H groups in total. The third-order valence-electron chi connectivity index (χ3n) is 5.44. The molecular weight excluding hydrogens is 426 g/mol. The summed E-state index contributed by atoms with van der Waals surface area (Å²) in [6, 6.07) is 8.31. The Labute approximate surface area is 192 Å². The number of nitrogens with two attached hydrogens (primary N) is 1. The maximum Gasteiger partial charge on any atom is 0.317 e. The number of benzene rings is 1. The van der Waals surface area contributed by atoms with Gasteiger partial charge in [0, 0.05) is 55.0 Å². The highest BCUT2D eigenvalue weighted by Gasteiger charge is 2.45. The second-order valence-electron chi connectivity index (χ2n) is 8.24. The van der Waals surface area contributed by atoms with E-state index in [2.05, 4.69) is 10.3 Å². The van der Waals surface area contributed by atoms with Crippen molar-refractivity contribution in [3.63, 3.8) is 0 Å². The summed E-state index contributed by atoms with van der Waals surface area (Å²) < 4.78 is 11.1. The predicted octanol–water partition coefficient (Wildman–Crippen LogP) is 1.98. The molecule has 10 heteroatoms. The van der Waals surface area contributed by atoms with E-state index >= 15 is 0 Å². The minimum atomic E-state index is -1.15. The van der Waals surface area contributed by atoms with Crippen LogP contribution < -0.4 is 15.8 Å². The third kappa shape index (κ3) is 5.65. The molecule has 1 aliphatic rings. The number of carboxylic acids is 1. The van der Waals surface area contributed by atoms with E-state index in [1.807, 2.05) is 13.8 Å². The SMILES string of the molecule is CO[C@@]1(C(=O)Nc2ccc(N)c(C(=N)c3ccc(OC(C)C)nc3)c2)CCN(CC(=O)O)C1. The molecule has 0 radical (unpaired) electrons. The van der Waals surface area contributed by atoms with Gasteiger partial charge in [-0.25, -0.2) is 4.98 Å². The van der Waals surface area contributed by atoms with Gasteiger partial charge in [0.1, 0.15) is 0 Å². The van der Waals surface area contributed by atoms with Crippen LogP contribution in [0.2, 0.25) is 0 Å². The molecule has 1 aromatic carbocycles. The first-order valence-corrected chi connectivity index (χ1v) is 10.6. The van der Waals surface area contributed by atoms with Crippen molar-refractivity contribution >= 4 is 29.0 Å². The van der Waals surface area contributed by atoms with E-state index in [1.54, 1.807) is 41.4 Å². The molecule has 2 aromatic rings. The van der Waals surface area contributed by atoms with E-state index in [0.29, 0.717) is 41.3 Å². The van der Waals surface area contributed by atoms with E-state index in [4.69, 9.17) is 25.7 Å². The number of nitrogen functional groups attached to an aromatic ring is 1. The van der Waals surface area contributed by atoms with Gasteiger partial charge < -0.3 is 25.6 Å². The number of amides is 1. The summed E-state index contributed by atoms with van der Waals surface area (Å²) in [4.78, 5) is 29.9. The van der Waals surface area contributed by atoms with Crippen molar-refractivity contribution in [2.24, 2.45) is 0 Å². The Morgan fingerprint density at radius 2 is 2.09 bits per heavy atom. The average Bonchev–Trinajstić information content (AvgIpc) is 3.18. The van der Waals surface area contributed by atoms with Gasteiger partial charge >= 0.3 is 5.97 Å². The summed E-state index contributed by atoms with van der Waals surface area (Å²) in [5.41, 5.74) is 6.94. The number of pyridine rings is 1. The van der Waals surface area contributed by atoms with Gasteiger partial charge in [0.15, 0.2) is 5.60 Å². The van der Waals surface area contributed by atoms with E-state index in [-0.39, 0.29) is 30.8 Å². The lowest BCUT2D eigenvalue weighted by molar-refractivity contribution is -0.140. The van der Waals surface area contributed by atoms with Crippen molar-refractivity contribution < 1.29 is 24.2 Å². The monoisotopic (exact) mass is 455 g/mol. The van der Waals surface area contributed by atoms with Crippen molar-refractivity contribution in [3.05, 3.63) is 47.7 Å². The van der Waals surface area contributed by atoms with E-state index in [1.165, 1.54) is 7.11 Å². The summed E-state index contributed by atoms with van der Waals surface area (Å²) in [5, 5.41) is 20.4. The Balaban J connectivity index is 1.76. The van der Waals surface area contributed by atoms with Crippen molar-refractivity contribution in [1.82, 2.24) is 9.88 Å². The zero-order valence-corrected chi connectivity index (χ0v) is 18.9. The number of likely N-dealkylation sites (tertiary alicyclic amines) is 1. The molecule has 1 amide bonds. The van der Waals surface area contributed by atoms with Crippen LogP contribution in [-0.2, 0) is 14.3 Å². The average molecular weight is 456 g/mol. The number of rotatable bonds is 9. The predicted molar refractivity (Wildman–Crippen MR) is 124 cm³/mol. The van der Waals surface area contributed by atoms with Gasteiger partial charge in [0.05, 0.1) is 18.4 Å². The van der Waals surface area contributed by atoms with Crippen molar-refractivity contribution in [2.45, 2.75) is 32.0 Å². The Morgan fingerprint density at radius 1 is 1.33 bits per heavy atom. The molecule has 1 aromatic heterocycles. The summed E-state index contributed by atoms with van der Waals surface area (Å²) >= 11 is 0. The molecule has 176 valence electrons. The van der Waals surface area contributed by atoms with Gasteiger partial charge in [-0.3, -0.25) is 19.9 Å². The molecule has 0 aliphatic carbocycles. The maximum atomic E-state index is 13.0. The normalized spacial score (nSPS) is 18.3. The van der Waals surface area contributed by atoms with Crippen LogP contribution in [0, 0.1) is 5.41 Å². The zero-order chi connectivity index (χ0) is 24.2. The van der Waals surface area contributed by atoms with E-state index < -0.39 is 11.6 Å². The van der Waals surface area contributed by atoms with E-state index in [9.17, 15) is 9.59 Å². The Hall–Kier alpha value is -3.50. The van der Waals surface area contributed by atoms with Crippen LogP contribution in [0.3, 0.4) is 0 Å². The first kappa shape index (κ1) is 24.1. The number of carbonyl (C=O) groups is 2. The van der Waals surface area contributed by atoms with Gasteiger partial charge in [-0.1, -0.05) is 0 Å². The highest BCUT2D eigenvalue weighted by molar-refractivity contribution is 6.14. The fraction of sp³-hybridized carbons (Fsp3) is 0.391. The number of carbonyl (C=O) groups excluding carboxylic acids is 1. The lowest BCUT2D eigenvalue weighted by Gasteiger charge is -2.26. The minimum Gasteiger partial charge on any atom is -0.480 e. The van der Waals surface area contributed by atoms with Gasteiger partial charge in [0.25, 0.3) is 5.91 Å². The first-order chi connectivity index (χ1) is 15.6. The van der Waals surface area contributed by atoms with Crippen molar-refractivity contribution in [2.75, 3.05) is 37.8 Å². The number of aromatic nitrogens is 1. The lowest BCUT2D eigenvalue weighted by Crippen LogP contribution is -2.47. The number of nitrogens with one attached hydrogen (secondary N) is 2. The molecule has 1 fully saturated rings. The summed E-state index contributed by atoms with van der Waals surface area (Å²) in [7, 11) is 1.44. The fourth-order valence-electron chi connectivity index (χ4n) is 3.72. The molecule has 0 spiro atoms. The smallest absolute Gasteiger partial charge is 0.317 e. The van der Waals surface area contributed by atoms with E-state index in [0.717, 1.165) is 0 Å². The fourth-order valence-corrected chi connectivity index (χ4v) is 3.72. The third-order valence-corrected chi connectivity index (χ3v) is 5.44. The molecule has 0 saturated carbocycles. The molecule has 1 saturated heterocycles. The van der Waals surface area contributed by atoms with Crippen LogP contribution >= 0.6 is 0 Å². The van der Waals surface area contributed by atoms with Crippen LogP contribution in [0.15, 0.2) is 36.5 Å². The Morgan fingerprint density at radius 3 is 2.70 bits per heavy atom. The number of aliphatic carboxylic acids is 1. The van der Waals surface area contributed by atoms with Crippen molar-refractivity contribution in [1.29, 1.82) is 5.41 Å². The highest BCUT2D eigenvalue weighted by Crippen LogP contribution is 2.28. The summed E-state index contributed by atoms with van der Waals surface area (Å²) in [5.74, 6) is -0.867. The summed E-state index contributed by atoms with van der Waals surface area (Å²) in [6.45, 7) is 4.27. The Kier molecular flexibility index (Phi) is 7.29. The number of ether oxygens (including phenoxy) is 2. The summed E-state index contributed by atoms with van der Waals surface area (Å²) in [6.07, 6.45) is 1.90. The molecule has 33 heavy (non-hydrogen) atoms. The molecule has 1 atom stereocenters. The second kappa shape index (κ2) is 9.97. The number of carboxylic acid groups (broad SMARTS) is 1. The van der Waals surface area contributed by atoms with Gasteiger partial charge in [-0.15, -0.1) is 0 Å². The molecule has 10 nitrogen and oxygen atoms in total. The molecule has 0 unspecified atom stereocenters. The van der Waals surface area contributed by atoms with Gasteiger partial charge in [0.2, 0.25) is 5.88 Å². The zero-order valence-electron chi connectivity index (χ0n) is 18.9.